The Morgan fingerprint density at radius 2 is 1.94 bits per heavy atom. The van der Waals surface area contributed by atoms with Crippen molar-refractivity contribution in [3.8, 4) is 11.5 Å². The van der Waals surface area contributed by atoms with Gasteiger partial charge in [-0.2, -0.15) is 5.10 Å². The normalized spacial score (nSPS) is 15.1. The number of piperidine rings is 1. The first-order valence-electron chi connectivity index (χ1n) is 11.9. The molecule has 6 rings (SSSR count). The first kappa shape index (κ1) is 20.7. The Morgan fingerprint density at radius 3 is 2.71 bits per heavy atom. The standard InChI is InChI=1S/C27H27N5O2/c1-17(2)32-26-22(16-29-32)20(14-24(30-26)25-8-5-13-34-25)27(33)31-11-9-18(10-12-31)21-15-28-23-7-4-3-6-19(21)23/h3-8,13-18,28H,9-12H2,1-2H3. The van der Waals surface area contributed by atoms with Gasteiger partial charge in [-0.25, -0.2) is 9.67 Å². The molecule has 5 aromatic rings. The summed E-state index contributed by atoms with van der Waals surface area (Å²) < 4.78 is 7.46. The third-order valence-corrected chi connectivity index (χ3v) is 6.90. The molecule has 0 saturated carbocycles. The van der Waals surface area contributed by atoms with Gasteiger partial charge in [-0.15, -0.1) is 0 Å². The number of nitrogens with one attached hydrogen (secondary N) is 1. The van der Waals surface area contributed by atoms with Crippen molar-refractivity contribution in [2.75, 3.05) is 13.1 Å². The second kappa shape index (κ2) is 8.17. The molecule has 4 aromatic heterocycles. The molecule has 1 saturated heterocycles. The molecular formula is C27H27N5O2. The molecule has 0 unspecified atom stereocenters. The minimum atomic E-state index is 0.0286. The van der Waals surface area contributed by atoms with Crippen LogP contribution in [0.2, 0.25) is 0 Å². The lowest BCUT2D eigenvalue weighted by Gasteiger charge is -2.32. The second-order valence-electron chi connectivity index (χ2n) is 9.31. The summed E-state index contributed by atoms with van der Waals surface area (Å²) in [6, 6.07) is 14.1. The Bertz CT molecular complexity index is 1470. The van der Waals surface area contributed by atoms with Gasteiger partial charge in [-0.05, 0) is 62.4 Å². The van der Waals surface area contributed by atoms with Gasteiger partial charge >= 0.3 is 0 Å². The monoisotopic (exact) mass is 453 g/mol. The fourth-order valence-electron chi connectivity index (χ4n) is 5.12. The van der Waals surface area contributed by atoms with E-state index in [0.29, 0.717) is 28.6 Å². The van der Waals surface area contributed by atoms with Crippen LogP contribution in [-0.2, 0) is 0 Å². The van der Waals surface area contributed by atoms with E-state index in [4.69, 9.17) is 9.40 Å². The van der Waals surface area contributed by atoms with Crippen molar-refractivity contribution in [2.45, 2.75) is 38.6 Å². The first-order valence-corrected chi connectivity index (χ1v) is 11.9. The summed E-state index contributed by atoms with van der Waals surface area (Å²) in [5.41, 5.74) is 4.52. The molecule has 0 bridgehead atoms. The van der Waals surface area contributed by atoms with Crippen molar-refractivity contribution in [3.63, 3.8) is 0 Å². The molecule has 7 heteroatoms. The molecule has 1 aliphatic rings. The molecule has 1 amide bonds. The van der Waals surface area contributed by atoms with E-state index in [-0.39, 0.29) is 11.9 Å². The van der Waals surface area contributed by atoms with Gasteiger partial charge in [-0.1, -0.05) is 18.2 Å². The Morgan fingerprint density at radius 1 is 1.12 bits per heavy atom. The van der Waals surface area contributed by atoms with Gasteiger partial charge in [-0.3, -0.25) is 4.79 Å². The van der Waals surface area contributed by atoms with E-state index >= 15 is 0 Å². The molecule has 1 aliphatic heterocycles. The number of rotatable bonds is 4. The van der Waals surface area contributed by atoms with Gasteiger partial charge in [0, 0.05) is 36.2 Å². The number of amides is 1. The number of furan rings is 1. The van der Waals surface area contributed by atoms with Crippen LogP contribution in [0.3, 0.4) is 0 Å². The molecule has 5 heterocycles. The number of hydrogen-bond donors (Lipinski definition) is 1. The summed E-state index contributed by atoms with van der Waals surface area (Å²) in [5, 5.41) is 6.60. The van der Waals surface area contributed by atoms with Gasteiger partial charge in [0.05, 0.1) is 23.4 Å². The predicted octanol–water partition coefficient (Wildman–Crippen LogP) is 5.77. The second-order valence-corrected chi connectivity index (χ2v) is 9.31. The highest BCUT2D eigenvalue weighted by Crippen LogP contribution is 2.34. The average molecular weight is 454 g/mol. The number of H-pyrrole nitrogens is 1. The number of para-hydroxylation sites is 1. The van der Waals surface area contributed by atoms with Crippen LogP contribution in [0.25, 0.3) is 33.4 Å². The number of hydrogen-bond acceptors (Lipinski definition) is 4. The summed E-state index contributed by atoms with van der Waals surface area (Å²) in [6.45, 7) is 5.57. The average Bonchev–Trinajstić information content (AvgIpc) is 3.62. The Labute approximate surface area is 197 Å². The quantitative estimate of drug-likeness (QED) is 0.374. The number of carbonyl (C=O) groups is 1. The number of benzene rings is 1. The van der Waals surface area contributed by atoms with Gasteiger partial charge in [0.25, 0.3) is 5.91 Å². The van der Waals surface area contributed by atoms with Gasteiger partial charge < -0.3 is 14.3 Å². The molecule has 1 aromatic carbocycles. The van der Waals surface area contributed by atoms with E-state index in [9.17, 15) is 4.79 Å². The fourth-order valence-corrected chi connectivity index (χ4v) is 5.12. The summed E-state index contributed by atoms with van der Waals surface area (Å²) in [7, 11) is 0. The number of pyridine rings is 1. The molecule has 0 radical (unpaired) electrons. The van der Waals surface area contributed by atoms with Crippen LogP contribution in [0.4, 0.5) is 0 Å². The van der Waals surface area contributed by atoms with E-state index in [0.717, 1.165) is 31.3 Å². The van der Waals surface area contributed by atoms with Crippen LogP contribution in [0.5, 0.6) is 0 Å². The van der Waals surface area contributed by atoms with Crippen molar-refractivity contribution >= 4 is 27.8 Å². The summed E-state index contributed by atoms with van der Waals surface area (Å²) in [5.74, 6) is 1.12. The Kier molecular flexibility index (Phi) is 4.98. The third kappa shape index (κ3) is 3.39. The molecule has 34 heavy (non-hydrogen) atoms. The number of fused-ring (bicyclic) bond motifs is 2. The van der Waals surface area contributed by atoms with Crippen molar-refractivity contribution in [1.82, 2.24) is 24.6 Å². The largest absolute Gasteiger partial charge is 0.463 e. The highest BCUT2D eigenvalue weighted by molar-refractivity contribution is 6.06. The Hall–Kier alpha value is -3.87. The van der Waals surface area contributed by atoms with Crippen LogP contribution >= 0.6 is 0 Å². The molecule has 1 N–H and O–H groups in total. The number of likely N-dealkylation sites (tertiary alicyclic amines) is 1. The van der Waals surface area contributed by atoms with Gasteiger partial charge in [0.1, 0.15) is 5.69 Å². The van der Waals surface area contributed by atoms with Crippen molar-refractivity contribution < 1.29 is 9.21 Å². The number of aromatic amines is 1. The zero-order valence-electron chi connectivity index (χ0n) is 19.4. The topological polar surface area (TPSA) is 80.0 Å². The molecule has 1 fully saturated rings. The molecular weight excluding hydrogens is 426 g/mol. The van der Waals surface area contributed by atoms with Crippen molar-refractivity contribution in [2.24, 2.45) is 0 Å². The lowest BCUT2D eigenvalue weighted by atomic mass is 9.89. The zero-order chi connectivity index (χ0) is 23.2. The van der Waals surface area contributed by atoms with Gasteiger partial charge in [0.15, 0.2) is 11.4 Å². The fraction of sp³-hybridized carbons (Fsp3) is 0.296. The SMILES string of the molecule is CC(C)n1ncc2c(C(=O)N3CCC(c4c[nH]c5ccccc45)CC3)cc(-c3ccco3)nc21. The van der Waals surface area contributed by atoms with Gasteiger partial charge in [0.2, 0.25) is 0 Å². The van der Waals surface area contributed by atoms with Crippen molar-refractivity contribution in [3.05, 3.63) is 72.2 Å². The summed E-state index contributed by atoms with van der Waals surface area (Å²) in [4.78, 5) is 23.9. The summed E-state index contributed by atoms with van der Waals surface area (Å²) >= 11 is 0. The summed E-state index contributed by atoms with van der Waals surface area (Å²) in [6.07, 6.45) is 7.41. The zero-order valence-corrected chi connectivity index (χ0v) is 19.4. The maximum Gasteiger partial charge on any atom is 0.254 e. The smallest absolute Gasteiger partial charge is 0.254 e. The third-order valence-electron chi connectivity index (χ3n) is 6.90. The first-order chi connectivity index (χ1) is 16.6. The van der Waals surface area contributed by atoms with E-state index in [1.807, 2.05) is 27.8 Å². The number of carbonyl (C=O) groups excluding carboxylic acids is 1. The highest BCUT2D eigenvalue weighted by atomic mass is 16.3. The maximum atomic E-state index is 13.7. The van der Waals surface area contributed by atoms with E-state index < -0.39 is 0 Å². The van der Waals surface area contributed by atoms with Crippen LogP contribution in [-0.4, -0.2) is 43.6 Å². The highest BCUT2D eigenvalue weighted by Gasteiger charge is 2.28. The van der Waals surface area contributed by atoms with Crippen LogP contribution in [0.1, 0.15) is 54.6 Å². The van der Waals surface area contributed by atoms with Crippen LogP contribution in [0, 0.1) is 0 Å². The lowest BCUT2D eigenvalue weighted by molar-refractivity contribution is 0.0715. The number of aromatic nitrogens is 4. The minimum absolute atomic E-state index is 0.0286. The predicted molar refractivity (Wildman–Crippen MR) is 132 cm³/mol. The Balaban J connectivity index is 1.31. The molecule has 7 nitrogen and oxygen atoms in total. The van der Waals surface area contributed by atoms with Crippen LogP contribution in [0.15, 0.2) is 65.5 Å². The number of nitrogens with zero attached hydrogens (tertiary/aromatic N) is 4. The van der Waals surface area contributed by atoms with Crippen LogP contribution < -0.4 is 0 Å². The van der Waals surface area contributed by atoms with E-state index in [1.165, 1.54) is 16.5 Å². The molecule has 0 atom stereocenters. The van der Waals surface area contributed by atoms with E-state index in [1.54, 1.807) is 12.5 Å². The molecule has 172 valence electrons. The maximum absolute atomic E-state index is 13.7. The molecule has 0 spiro atoms. The minimum Gasteiger partial charge on any atom is -0.463 e. The van der Waals surface area contributed by atoms with Crippen molar-refractivity contribution in [1.29, 1.82) is 0 Å². The molecule has 0 aliphatic carbocycles. The van der Waals surface area contributed by atoms with E-state index in [2.05, 4.69) is 54.4 Å². The lowest BCUT2D eigenvalue weighted by Crippen LogP contribution is -2.38.